The molecule has 3 fully saturated rings. The summed E-state index contributed by atoms with van der Waals surface area (Å²) in [5.74, 6) is -0.604. The van der Waals surface area contributed by atoms with Gasteiger partial charge in [-0.15, -0.1) is 0 Å². The topological polar surface area (TPSA) is 54.4 Å². The summed E-state index contributed by atoms with van der Waals surface area (Å²) in [5.41, 5.74) is 2.03. The average Bonchev–Trinajstić information content (AvgIpc) is 2.82. The third-order valence-corrected chi connectivity index (χ3v) is 7.96. The van der Waals surface area contributed by atoms with Crippen molar-refractivity contribution in [3.05, 3.63) is 11.1 Å². The number of carboxylic acids is 1. The predicted octanol–water partition coefficient (Wildman–Crippen LogP) is 3.58. The molecule has 4 aliphatic carbocycles. The van der Waals surface area contributed by atoms with Gasteiger partial charge < -0.3 is 9.90 Å². The minimum atomic E-state index is -0.850. The quantitative estimate of drug-likeness (QED) is 0.790. The summed E-state index contributed by atoms with van der Waals surface area (Å²) in [5, 5.41) is 9.69. The number of carbonyl (C=O) groups is 2. The van der Waals surface area contributed by atoms with E-state index in [1.54, 1.807) is 0 Å². The first kappa shape index (κ1) is 13.5. The molecule has 5 atom stereocenters. The molecule has 0 heterocycles. The Bertz CT molecular complexity index is 577. The number of rotatable bonds is 2. The van der Waals surface area contributed by atoms with Crippen LogP contribution in [-0.2, 0) is 9.59 Å². The number of aliphatic carboxylic acids is 1. The number of hydrogen-bond acceptors (Lipinski definition) is 2. The second kappa shape index (κ2) is 3.80. The SMILES string of the molecule is CC12CCCC3(C)C(CC1)CC1=C(C(=O)O)C(C=O)CC123. The van der Waals surface area contributed by atoms with Gasteiger partial charge in [-0.2, -0.15) is 0 Å². The van der Waals surface area contributed by atoms with Crippen molar-refractivity contribution in [3.8, 4) is 0 Å². The van der Waals surface area contributed by atoms with Crippen LogP contribution in [0.2, 0.25) is 0 Å². The largest absolute Gasteiger partial charge is 0.478 e. The summed E-state index contributed by atoms with van der Waals surface area (Å²) in [6, 6.07) is 0. The minimum absolute atomic E-state index is 0.0134. The fourth-order valence-electron chi connectivity index (χ4n) is 7.12. The van der Waals surface area contributed by atoms with Gasteiger partial charge in [0.25, 0.3) is 0 Å². The van der Waals surface area contributed by atoms with Gasteiger partial charge in [-0.3, -0.25) is 0 Å². The van der Waals surface area contributed by atoms with E-state index in [1.807, 2.05) is 0 Å². The Labute approximate surface area is 125 Å². The van der Waals surface area contributed by atoms with Crippen molar-refractivity contribution in [3.63, 3.8) is 0 Å². The van der Waals surface area contributed by atoms with Crippen LogP contribution in [0.5, 0.6) is 0 Å². The highest BCUT2D eigenvalue weighted by molar-refractivity contribution is 5.94. The lowest BCUT2D eigenvalue weighted by Crippen LogP contribution is -2.56. The van der Waals surface area contributed by atoms with Gasteiger partial charge in [-0.25, -0.2) is 4.79 Å². The number of carbonyl (C=O) groups excluding carboxylic acids is 1. The van der Waals surface area contributed by atoms with E-state index in [4.69, 9.17) is 0 Å². The first-order valence-corrected chi connectivity index (χ1v) is 8.32. The van der Waals surface area contributed by atoms with Crippen molar-refractivity contribution in [2.45, 2.75) is 58.8 Å². The summed E-state index contributed by atoms with van der Waals surface area (Å²) in [6.45, 7) is 4.77. The molecule has 21 heavy (non-hydrogen) atoms. The number of aldehydes is 1. The van der Waals surface area contributed by atoms with E-state index < -0.39 is 5.97 Å². The molecule has 4 bridgehead atoms. The van der Waals surface area contributed by atoms with Gasteiger partial charge in [0.1, 0.15) is 6.29 Å². The summed E-state index contributed by atoms with van der Waals surface area (Å²) in [4.78, 5) is 23.4. The van der Waals surface area contributed by atoms with Crippen LogP contribution >= 0.6 is 0 Å². The summed E-state index contributed by atoms with van der Waals surface area (Å²) in [7, 11) is 0. The lowest BCUT2D eigenvalue weighted by Gasteiger charge is -2.63. The molecule has 0 aromatic heterocycles. The van der Waals surface area contributed by atoms with Crippen LogP contribution in [-0.4, -0.2) is 17.4 Å². The van der Waals surface area contributed by atoms with Crippen molar-refractivity contribution >= 4 is 12.3 Å². The maximum Gasteiger partial charge on any atom is 0.332 e. The van der Waals surface area contributed by atoms with E-state index in [2.05, 4.69) is 13.8 Å². The van der Waals surface area contributed by atoms with Gasteiger partial charge in [0.2, 0.25) is 0 Å². The Morgan fingerprint density at radius 2 is 2.05 bits per heavy atom. The molecule has 0 aromatic rings. The first-order chi connectivity index (χ1) is 9.89. The molecule has 0 amide bonds. The van der Waals surface area contributed by atoms with E-state index in [0.717, 1.165) is 19.1 Å². The van der Waals surface area contributed by atoms with Crippen LogP contribution < -0.4 is 0 Å². The molecule has 3 nitrogen and oxygen atoms in total. The van der Waals surface area contributed by atoms with Crippen molar-refractivity contribution in [1.29, 1.82) is 0 Å². The van der Waals surface area contributed by atoms with E-state index in [-0.39, 0.29) is 22.2 Å². The van der Waals surface area contributed by atoms with Crippen molar-refractivity contribution < 1.29 is 14.7 Å². The number of carboxylic acid groups (broad SMARTS) is 1. The van der Waals surface area contributed by atoms with Crippen molar-refractivity contribution in [2.75, 3.05) is 0 Å². The van der Waals surface area contributed by atoms with Crippen LogP contribution in [0.25, 0.3) is 0 Å². The highest BCUT2D eigenvalue weighted by Crippen LogP contribution is 2.81. The molecule has 0 aromatic carbocycles. The van der Waals surface area contributed by atoms with Crippen LogP contribution in [0.3, 0.4) is 0 Å². The molecule has 4 rings (SSSR count). The van der Waals surface area contributed by atoms with Gasteiger partial charge in [0, 0.05) is 16.9 Å². The van der Waals surface area contributed by atoms with Crippen molar-refractivity contribution in [1.82, 2.24) is 0 Å². The van der Waals surface area contributed by atoms with E-state index in [9.17, 15) is 14.7 Å². The minimum Gasteiger partial charge on any atom is -0.478 e. The second-order valence-electron chi connectivity index (χ2n) is 8.32. The van der Waals surface area contributed by atoms with E-state index in [0.29, 0.717) is 11.5 Å². The molecule has 114 valence electrons. The fraction of sp³-hybridized carbons (Fsp3) is 0.778. The lowest BCUT2D eigenvalue weighted by molar-refractivity contribution is -0.137. The Morgan fingerprint density at radius 3 is 2.71 bits per heavy atom. The Hall–Kier alpha value is -1.12. The first-order valence-electron chi connectivity index (χ1n) is 8.32. The Balaban J connectivity index is 2.01. The molecule has 0 saturated heterocycles. The van der Waals surface area contributed by atoms with Crippen LogP contribution in [0.1, 0.15) is 58.8 Å². The van der Waals surface area contributed by atoms with E-state index >= 15 is 0 Å². The van der Waals surface area contributed by atoms with Gasteiger partial charge in [-0.1, -0.05) is 25.8 Å². The second-order valence-corrected chi connectivity index (χ2v) is 8.32. The Morgan fingerprint density at radius 1 is 1.29 bits per heavy atom. The summed E-state index contributed by atoms with van der Waals surface area (Å²) in [6.07, 6.45) is 8.68. The number of hydrogen-bond donors (Lipinski definition) is 1. The van der Waals surface area contributed by atoms with Crippen LogP contribution in [0, 0.1) is 28.1 Å². The molecular weight excluding hydrogens is 264 g/mol. The molecule has 5 unspecified atom stereocenters. The average molecular weight is 288 g/mol. The van der Waals surface area contributed by atoms with Gasteiger partial charge >= 0.3 is 5.97 Å². The van der Waals surface area contributed by atoms with Gasteiger partial charge in [-0.05, 0) is 55.3 Å². The van der Waals surface area contributed by atoms with Crippen molar-refractivity contribution in [2.24, 2.45) is 28.1 Å². The smallest absolute Gasteiger partial charge is 0.332 e. The molecule has 1 spiro atoms. The van der Waals surface area contributed by atoms with Gasteiger partial charge in [0.15, 0.2) is 0 Å². The summed E-state index contributed by atoms with van der Waals surface area (Å²) >= 11 is 0. The zero-order valence-corrected chi connectivity index (χ0v) is 12.9. The molecular formula is C18H24O3. The maximum atomic E-state index is 11.8. The zero-order valence-electron chi connectivity index (χ0n) is 12.9. The standard InChI is InChI=1S/C18H24O3/c1-16-5-3-6-17(2)12(4-7-16)8-13-14(15(20)21)11(10-19)9-18(13,16)17/h10-12H,3-9H2,1-2H3,(H,20,21). The third kappa shape index (κ3) is 1.24. The monoisotopic (exact) mass is 288 g/mol. The van der Waals surface area contributed by atoms with Gasteiger partial charge in [0.05, 0.1) is 0 Å². The highest BCUT2D eigenvalue weighted by Gasteiger charge is 2.73. The molecule has 3 heteroatoms. The number of allylic oxidation sites excluding steroid dienone is 1. The summed E-state index contributed by atoms with van der Waals surface area (Å²) < 4.78 is 0. The molecule has 3 saturated carbocycles. The predicted molar refractivity (Wildman–Crippen MR) is 78.7 cm³/mol. The lowest BCUT2D eigenvalue weighted by atomic mass is 9.40. The normalized spacial score (nSPS) is 51.0. The Kier molecular flexibility index (Phi) is 2.45. The fourth-order valence-corrected chi connectivity index (χ4v) is 7.12. The van der Waals surface area contributed by atoms with Crippen LogP contribution in [0.4, 0.5) is 0 Å². The molecule has 0 radical (unpaired) electrons. The van der Waals surface area contributed by atoms with E-state index in [1.165, 1.54) is 37.7 Å². The molecule has 1 N–H and O–H groups in total. The third-order valence-electron chi connectivity index (χ3n) is 7.96. The zero-order chi connectivity index (χ0) is 15.0. The maximum absolute atomic E-state index is 11.8. The highest BCUT2D eigenvalue weighted by atomic mass is 16.4. The van der Waals surface area contributed by atoms with Crippen LogP contribution in [0.15, 0.2) is 11.1 Å². The molecule has 0 aliphatic heterocycles. The molecule has 4 aliphatic rings.